The van der Waals surface area contributed by atoms with E-state index in [2.05, 4.69) is 15.5 Å². The van der Waals surface area contributed by atoms with E-state index in [-0.39, 0.29) is 18.4 Å². The second-order valence-electron chi connectivity index (χ2n) is 5.23. The first-order valence-electron chi connectivity index (χ1n) is 7.34. The molecule has 0 aliphatic rings. The van der Waals surface area contributed by atoms with Crippen molar-refractivity contribution in [3.8, 4) is 11.6 Å². The number of aryl methyl sites for hydroxylation is 2. The van der Waals surface area contributed by atoms with Crippen LogP contribution < -0.4 is 5.32 Å². The van der Waals surface area contributed by atoms with E-state index in [9.17, 15) is 4.79 Å². The summed E-state index contributed by atoms with van der Waals surface area (Å²) in [5, 5.41) is 6.69. The fraction of sp³-hybridized carbons (Fsp3) is 0.312. The van der Waals surface area contributed by atoms with E-state index < -0.39 is 0 Å². The summed E-state index contributed by atoms with van der Waals surface area (Å²) >= 11 is 0. The minimum atomic E-state index is -0.183. The Morgan fingerprint density at radius 2 is 2.22 bits per heavy atom. The number of furan rings is 2. The maximum Gasteiger partial charge on any atom is 0.238 e. The van der Waals surface area contributed by atoms with Crippen molar-refractivity contribution >= 4 is 5.91 Å². The topological polar surface area (TPSA) is 94.3 Å². The summed E-state index contributed by atoms with van der Waals surface area (Å²) in [6.45, 7) is 3.74. The number of nitrogens with zero attached hydrogens (tertiary/aromatic N) is 2. The molecule has 3 heterocycles. The van der Waals surface area contributed by atoms with Gasteiger partial charge in [0.25, 0.3) is 0 Å². The predicted molar refractivity (Wildman–Crippen MR) is 80.3 cm³/mol. The molecule has 0 aliphatic heterocycles. The van der Waals surface area contributed by atoms with Crippen LogP contribution in [0.4, 0.5) is 0 Å². The molecule has 3 aromatic heterocycles. The normalized spacial score (nSPS) is 12.3. The molecule has 1 unspecified atom stereocenters. The van der Waals surface area contributed by atoms with Crippen LogP contribution in [0.3, 0.4) is 0 Å². The van der Waals surface area contributed by atoms with Crippen molar-refractivity contribution in [2.45, 2.75) is 32.7 Å². The van der Waals surface area contributed by atoms with Gasteiger partial charge < -0.3 is 18.7 Å². The third-order valence-electron chi connectivity index (χ3n) is 3.34. The third-order valence-corrected chi connectivity index (χ3v) is 3.34. The average molecular weight is 315 g/mol. The monoisotopic (exact) mass is 315 g/mol. The zero-order valence-electron chi connectivity index (χ0n) is 12.9. The lowest BCUT2D eigenvalue weighted by Crippen LogP contribution is -2.26. The third kappa shape index (κ3) is 3.68. The number of amides is 1. The van der Waals surface area contributed by atoms with Gasteiger partial charge in [-0.15, -0.1) is 0 Å². The van der Waals surface area contributed by atoms with Gasteiger partial charge in [-0.1, -0.05) is 5.16 Å². The Bertz CT molecular complexity index is 773. The maximum atomic E-state index is 12.0. The summed E-state index contributed by atoms with van der Waals surface area (Å²) in [5.41, 5.74) is 0. The molecule has 0 spiro atoms. The minimum Gasteiger partial charge on any atom is -0.464 e. The molecular formula is C16H17N3O4. The first-order chi connectivity index (χ1) is 11.1. The van der Waals surface area contributed by atoms with E-state index in [1.807, 2.05) is 26.0 Å². The second-order valence-corrected chi connectivity index (χ2v) is 5.23. The molecule has 0 saturated carbocycles. The van der Waals surface area contributed by atoms with Gasteiger partial charge in [0.15, 0.2) is 5.76 Å². The summed E-state index contributed by atoms with van der Waals surface area (Å²) < 4.78 is 15.8. The molecule has 3 aromatic rings. The Kier molecular flexibility index (Phi) is 4.27. The fourth-order valence-corrected chi connectivity index (χ4v) is 2.15. The number of aromatic nitrogens is 2. The van der Waals surface area contributed by atoms with Crippen LogP contribution in [0.15, 0.2) is 43.9 Å². The zero-order chi connectivity index (χ0) is 16.2. The SMILES string of the molecule is Cc1ccc(C(C)NC(=O)CCc2nc(-c3ccco3)no2)o1. The molecule has 1 N–H and O–H groups in total. The van der Waals surface area contributed by atoms with Crippen LogP contribution in [0.5, 0.6) is 0 Å². The molecular weight excluding hydrogens is 298 g/mol. The molecule has 7 heteroatoms. The largest absolute Gasteiger partial charge is 0.464 e. The van der Waals surface area contributed by atoms with Crippen LogP contribution in [0, 0.1) is 6.92 Å². The first-order valence-corrected chi connectivity index (χ1v) is 7.34. The van der Waals surface area contributed by atoms with Crippen LogP contribution in [-0.2, 0) is 11.2 Å². The molecule has 0 aliphatic carbocycles. The van der Waals surface area contributed by atoms with Gasteiger partial charge >= 0.3 is 0 Å². The van der Waals surface area contributed by atoms with Gasteiger partial charge in [0.1, 0.15) is 11.5 Å². The molecule has 1 atom stereocenters. The van der Waals surface area contributed by atoms with Crippen LogP contribution in [0.2, 0.25) is 0 Å². The average Bonchev–Trinajstić information content (AvgIpc) is 3.26. The fourth-order valence-electron chi connectivity index (χ4n) is 2.15. The molecule has 0 radical (unpaired) electrons. The van der Waals surface area contributed by atoms with Gasteiger partial charge in [0, 0.05) is 12.8 Å². The van der Waals surface area contributed by atoms with Gasteiger partial charge in [-0.3, -0.25) is 4.79 Å². The smallest absolute Gasteiger partial charge is 0.238 e. The standard InChI is InChI=1S/C16H17N3O4/c1-10-5-6-12(22-10)11(2)17-14(20)7-8-15-18-16(19-23-15)13-4-3-9-21-13/h3-6,9,11H,7-8H2,1-2H3,(H,17,20). The molecule has 0 bridgehead atoms. The lowest BCUT2D eigenvalue weighted by atomic mass is 10.2. The zero-order valence-corrected chi connectivity index (χ0v) is 12.9. The highest BCUT2D eigenvalue weighted by Crippen LogP contribution is 2.17. The first kappa shape index (κ1) is 15.1. The quantitative estimate of drug-likeness (QED) is 0.751. The predicted octanol–water partition coefficient (Wildman–Crippen LogP) is 3.04. The summed E-state index contributed by atoms with van der Waals surface area (Å²) in [4.78, 5) is 16.2. The molecule has 7 nitrogen and oxygen atoms in total. The maximum absolute atomic E-state index is 12.0. The molecule has 0 saturated heterocycles. The Hall–Kier alpha value is -2.83. The van der Waals surface area contributed by atoms with Crippen LogP contribution in [0.1, 0.15) is 36.8 Å². The van der Waals surface area contributed by atoms with Crippen molar-refractivity contribution < 1.29 is 18.2 Å². The van der Waals surface area contributed by atoms with Gasteiger partial charge in [-0.05, 0) is 38.1 Å². The molecule has 120 valence electrons. The van der Waals surface area contributed by atoms with Crippen molar-refractivity contribution in [3.63, 3.8) is 0 Å². The molecule has 23 heavy (non-hydrogen) atoms. The molecule has 0 fully saturated rings. The number of hydrogen-bond acceptors (Lipinski definition) is 6. The number of nitrogens with one attached hydrogen (secondary N) is 1. The van der Waals surface area contributed by atoms with Crippen molar-refractivity contribution in [1.29, 1.82) is 0 Å². The summed E-state index contributed by atoms with van der Waals surface area (Å²) in [5.74, 6) is 2.75. The van der Waals surface area contributed by atoms with E-state index in [0.717, 1.165) is 11.5 Å². The van der Waals surface area contributed by atoms with E-state index in [1.165, 1.54) is 6.26 Å². The summed E-state index contributed by atoms with van der Waals surface area (Å²) in [6, 6.07) is 7.03. The highest BCUT2D eigenvalue weighted by atomic mass is 16.5. The summed E-state index contributed by atoms with van der Waals surface area (Å²) in [7, 11) is 0. The molecule has 0 aromatic carbocycles. The van der Waals surface area contributed by atoms with Crippen LogP contribution in [-0.4, -0.2) is 16.0 Å². The van der Waals surface area contributed by atoms with Crippen molar-refractivity contribution in [3.05, 3.63) is 47.9 Å². The highest BCUT2D eigenvalue weighted by Gasteiger charge is 2.15. The van der Waals surface area contributed by atoms with Gasteiger partial charge in [-0.25, -0.2) is 0 Å². The van der Waals surface area contributed by atoms with Crippen molar-refractivity contribution in [2.75, 3.05) is 0 Å². The Morgan fingerprint density at radius 3 is 2.91 bits per heavy atom. The Balaban J connectivity index is 1.51. The van der Waals surface area contributed by atoms with Gasteiger partial charge in [0.2, 0.25) is 17.6 Å². The Morgan fingerprint density at radius 1 is 1.35 bits per heavy atom. The minimum absolute atomic E-state index is 0.107. The van der Waals surface area contributed by atoms with Crippen molar-refractivity contribution in [1.82, 2.24) is 15.5 Å². The number of hydrogen-bond donors (Lipinski definition) is 1. The number of rotatable bonds is 6. The number of carbonyl (C=O) groups excluding carboxylic acids is 1. The van der Waals surface area contributed by atoms with E-state index in [4.69, 9.17) is 13.4 Å². The van der Waals surface area contributed by atoms with Crippen molar-refractivity contribution in [2.24, 2.45) is 0 Å². The molecule has 3 rings (SSSR count). The lowest BCUT2D eigenvalue weighted by Gasteiger charge is -2.10. The van der Waals surface area contributed by atoms with E-state index >= 15 is 0 Å². The van der Waals surface area contributed by atoms with Gasteiger partial charge in [-0.2, -0.15) is 4.98 Å². The van der Waals surface area contributed by atoms with Gasteiger partial charge in [0.05, 0.1) is 12.3 Å². The second kappa shape index (κ2) is 6.51. The van der Waals surface area contributed by atoms with Crippen LogP contribution >= 0.6 is 0 Å². The van der Waals surface area contributed by atoms with E-state index in [1.54, 1.807) is 12.1 Å². The summed E-state index contributed by atoms with van der Waals surface area (Å²) in [6.07, 6.45) is 2.16. The van der Waals surface area contributed by atoms with Crippen LogP contribution in [0.25, 0.3) is 11.6 Å². The lowest BCUT2D eigenvalue weighted by molar-refractivity contribution is -0.121. The molecule has 1 amide bonds. The van der Waals surface area contributed by atoms with E-state index in [0.29, 0.717) is 23.9 Å². The Labute approximate surface area is 132 Å². The highest BCUT2D eigenvalue weighted by molar-refractivity contribution is 5.76. The number of carbonyl (C=O) groups is 1.